The molecule has 0 saturated heterocycles. The van der Waals surface area contributed by atoms with Gasteiger partial charge in [-0.2, -0.15) is 8.42 Å². The topological polar surface area (TPSA) is 54.4 Å². The van der Waals surface area contributed by atoms with Crippen LogP contribution >= 0.6 is 0 Å². The molecule has 0 aliphatic carbocycles. The average molecular weight is 182 g/mol. The van der Waals surface area contributed by atoms with E-state index < -0.39 is 18.9 Å². The lowest BCUT2D eigenvalue weighted by Gasteiger charge is -1.99. The Morgan fingerprint density at radius 1 is 1.40 bits per heavy atom. The minimum absolute atomic E-state index is 0.0713. The molecule has 0 aromatic rings. The molecule has 0 radical (unpaired) electrons. The van der Waals surface area contributed by atoms with Crippen molar-refractivity contribution in [3.63, 3.8) is 0 Å². The molecule has 0 aliphatic rings. The SMILES string of the molecule is C[SiH](C)CCCS(=O)(=O)O. The van der Waals surface area contributed by atoms with Crippen LogP contribution in [0.25, 0.3) is 0 Å². The van der Waals surface area contributed by atoms with Crippen molar-refractivity contribution in [1.82, 2.24) is 0 Å². The molecule has 0 amide bonds. The lowest BCUT2D eigenvalue weighted by molar-refractivity contribution is 0.482. The van der Waals surface area contributed by atoms with Gasteiger partial charge in [0.05, 0.1) is 5.75 Å². The van der Waals surface area contributed by atoms with Gasteiger partial charge in [0.2, 0.25) is 0 Å². The maximum Gasteiger partial charge on any atom is 0.264 e. The van der Waals surface area contributed by atoms with Crippen molar-refractivity contribution < 1.29 is 13.0 Å². The maximum absolute atomic E-state index is 10.2. The van der Waals surface area contributed by atoms with Gasteiger partial charge in [-0.25, -0.2) is 0 Å². The summed E-state index contributed by atoms with van der Waals surface area (Å²) in [5.41, 5.74) is 0. The van der Waals surface area contributed by atoms with Crippen LogP contribution in [0.4, 0.5) is 0 Å². The van der Waals surface area contributed by atoms with Crippen LogP contribution in [-0.2, 0) is 10.1 Å². The molecule has 0 atom stereocenters. The Morgan fingerprint density at radius 2 is 1.90 bits per heavy atom. The average Bonchev–Trinajstić information content (AvgIpc) is 1.59. The normalized spacial score (nSPS) is 12.4. The van der Waals surface area contributed by atoms with E-state index in [-0.39, 0.29) is 5.75 Å². The number of hydrogen-bond acceptors (Lipinski definition) is 2. The molecule has 0 heterocycles. The summed E-state index contributed by atoms with van der Waals surface area (Å²) in [4.78, 5) is 0. The molecule has 1 N–H and O–H groups in total. The molecule has 0 rings (SSSR count). The Labute approximate surface area is 63.8 Å². The van der Waals surface area contributed by atoms with Crippen LogP contribution in [0.3, 0.4) is 0 Å². The largest absolute Gasteiger partial charge is 0.286 e. The van der Waals surface area contributed by atoms with E-state index in [1.807, 2.05) is 0 Å². The van der Waals surface area contributed by atoms with E-state index >= 15 is 0 Å². The molecule has 62 valence electrons. The monoisotopic (exact) mass is 182 g/mol. The van der Waals surface area contributed by atoms with Gasteiger partial charge in [0.1, 0.15) is 0 Å². The Bertz CT molecular complexity index is 173. The van der Waals surface area contributed by atoms with E-state index in [4.69, 9.17) is 4.55 Å². The van der Waals surface area contributed by atoms with Crippen LogP contribution < -0.4 is 0 Å². The van der Waals surface area contributed by atoms with Crippen LogP contribution in [-0.4, -0.2) is 27.5 Å². The predicted octanol–water partition coefficient (Wildman–Crippen LogP) is 0.751. The molecule has 0 aromatic carbocycles. The summed E-state index contributed by atoms with van der Waals surface area (Å²) in [7, 11) is -4.33. The van der Waals surface area contributed by atoms with Crippen molar-refractivity contribution in [2.24, 2.45) is 0 Å². The third kappa shape index (κ3) is 8.13. The van der Waals surface area contributed by atoms with E-state index in [2.05, 4.69) is 13.1 Å². The first-order valence-corrected chi connectivity index (χ1v) is 8.10. The van der Waals surface area contributed by atoms with Gasteiger partial charge in [0, 0.05) is 8.80 Å². The number of rotatable bonds is 4. The second kappa shape index (κ2) is 4.10. The van der Waals surface area contributed by atoms with Crippen LogP contribution in [0.5, 0.6) is 0 Å². The van der Waals surface area contributed by atoms with Gasteiger partial charge >= 0.3 is 0 Å². The van der Waals surface area contributed by atoms with Crippen molar-refractivity contribution in [2.45, 2.75) is 25.6 Å². The first kappa shape index (κ1) is 10.1. The molecule has 10 heavy (non-hydrogen) atoms. The van der Waals surface area contributed by atoms with Crippen molar-refractivity contribution in [2.75, 3.05) is 5.75 Å². The summed E-state index contributed by atoms with van der Waals surface area (Å²) in [6, 6.07) is 0.986. The highest BCUT2D eigenvalue weighted by Crippen LogP contribution is 1.98. The quantitative estimate of drug-likeness (QED) is 0.515. The molecule has 3 nitrogen and oxygen atoms in total. The zero-order valence-electron chi connectivity index (χ0n) is 6.37. The standard InChI is InChI=1S/C5H14O3SSi/c1-10(2)5-3-4-9(6,7)8/h10H,3-5H2,1-2H3,(H,6,7,8). The van der Waals surface area contributed by atoms with E-state index in [0.29, 0.717) is 6.42 Å². The lowest BCUT2D eigenvalue weighted by Crippen LogP contribution is -2.07. The van der Waals surface area contributed by atoms with Gasteiger partial charge in [-0.1, -0.05) is 19.1 Å². The van der Waals surface area contributed by atoms with Gasteiger partial charge < -0.3 is 0 Å². The van der Waals surface area contributed by atoms with Crippen LogP contribution in [0.1, 0.15) is 6.42 Å². The Kier molecular flexibility index (Phi) is 4.15. The van der Waals surface area contributed by atoms with Gasteiger partial charge in [-0.15, -0.1) is 0 Å². The first-order chi connectivity index (χ1) is 4.42. The third-order valence-electron chi connectivity index (χ3n) is 1.18. The van der Waals surface area contributed by atoms with Gasteiger partial charge in [-0.3, -0.25) is 4.55 Å². The molecular formula is C5H14O3SSi. The Hall–Kier alpha value is 0.127. The fraction of sp³-hybridized carbons (Fsp3) is 1.00. The fourth-order valence-corrected chi connectivity index (χ4v) is 2.52. The highest BCUT2D eigenvalue weighted by atomic mass is 32.2. The van der Waals surface area contributed by atoms with E-state index in [1.54, 1.807) is 0 Å². The molecule has 0 fully saturated rings. The van der Waals surface area contributed by atoms with Crippen molar-refractivity contribution >= 4 is 18.9 Å². The van der Waals surface area contributed by atoms with Crippen LogP contribution in [0.15, 0.2) is 0 Å². The highest BCUT2D eigenvalue weighted by Gasteiger charge is 2.04. The molecule has 0 saturated carbocycles. The zero-order valence-corrected chi connectivity index (χ0v) is 8.34. The second-order valence-electron chi connectivity index (χ2n) is 2.82. The van der Waals surface area contributed by atoms with Gasteiger partial charge in [-0.05, 0) is 6.42 Å². The third-order valence-corrected chi connectivity index (χ3v) is 3.55. The lowest BCUT2D eigenvalue weighted by atomic mass is 10.6. The fourth-order valence-electron chi connectivity index (χ4n) is 0.674. The maximum atomic E-state index is 10.2. The summed E-state index contributed by atoms with van der Waals surface area (Å²) in [6.07, 6.45) is 0.614. The van der Waals surface area contributed by atoms with Crippen molar-refractivity contribution in [3.8, 4) is 0 Å². The van der Waals surface area contributed by atoms with Gasteiger partial charge in [0.15, 0.2) is 0 Å². The summed E-state index contributed by atoms with van der Waals surface area (Å²) in [5, 5.41) is 0. The minimum atomic E-state index is -3.70. The summed E-state index contributed by atoms with van der Waals surface area (Å²) < 4.78 is 28.7. The molecule has 0 spiro atoms. The highest BCUT2D eigenvalue weighted by molar-refractivity contribution is 7.85. The van der Waals surface area contributed by atoms with Crippen molar-refractivity contribution in [3.05, 3.63) is 0 Å². The van der Waals surface area contributed by atoms with Crippen molar-refractivity contribution in [1.29, 1.82) is 0 Å². The van der Waals surface area contributed by atoms with Crippen LogP contribution in [0, 0.1) is 0 Å². The molecule has 5 heteroatoms. The first-order valence-electron chi connectivity index (χ1n) is 3.37. The van der Waals surface area contributed by atoms with E-state index in [0.717, 1.165) is 6.04 Å². The molecule has 0 bridgehead atoms. The van der Waals surface area contributed by atoms with E-state index in [9.17, 15) is 8.42 Å². The summed E-state index contributed by atoms with van der Waals surface area (Å²) >= 11 is 0. The molecular weight excluding hydrogens is 168 g/mol. The molecule has 0 aromatic heterocycles. The minimum Gasteiger partial charge on any atom is -0.286 e. The van der Waals surface area contributed by atoms with E-state index in [1.165, 1.54) is 0 Å². The van der Waals surface area contributed by atoms with Crippen LogP contribution in [0.2, 0.25) is 19.1 Å². The molecule has 0 aliphatic heterocycles. The zero-order chi connectivity index (χ0) is 8.20. The smallest absolute Gasteiger partial charge is 0.264 e. The van der Waals surface area contributed by atoms with Gasteiger partial charge in [0.25, 0.3) is 10.1 Å². The summed E-state index contributed by atoms with van der Waals surface area (Å²) in [6.45, 7) is 4.31. The predicted molar refractivity (Wildman–Crippen MR) is 44.7 cm³/mol. The summed E-state index contributed by atoms with van der Waals surface area (Å²) in [5.74, 6) is -0.0713. The number of hydrogen-bond donors (Lipinski definition) is 1. The molecule has 0 unspecified atom stereocenters. The second-order valence-corrected chi connectivity index (χ2v) is 7.76. The Morgan fingerprint density at radius 3 is 2.20 bits per heavy atom. The Balaban J connectivity index is 3.39.